The van der Waals surface area contributed by atoms with Crippen molar-refractivity contribution < 1.29 is 14.3 Å². The number of benzene rings is 1. The average molecular weight is 506 g/mol. The topological polar surface area (TPSA) is 98.6 Å². The molecule has 37 heavy (non-hydrogen) atoms. The summed E-state index contributed by atoms with van der Waals surface area (Å²) in [7, 11) is 0. The van der Waals surface area contributed by atoms with Crippen LogP contribution in [-0.2, 0) is 9.47 Å². The van der Waals surface area contributed by atoms with Crippen molar-refractivity contribution >= 4 is 23.1 Å². The van der Waals surface area contributed by atoms with Gasteiger partial charge in [-0.1, -0.05) is 24.3 Å². The minimum absolute atomic E-state index is 0.000498. The van der Waals surface area contributed by atoms with E-state index in [2.05, 4.69) is 10.3 Å². The van der Waals surface area contributed by atoms with Gasteiger partial charge in [-0.25, -0.2) is 9.78 Å². The highest BCUT2D eigenvalue weighted by Gasteiger charge is 2.30. The lowest BCUT2D eigenvalue weighted by molar-refractivity contribution is 0.0293. The van der Waals surface area contributed by atoms with Crippen molar-refractivity contribution in [2.75, 3.05) is 31.6 Å². The van der Waals surface area contributed by atoms with Crippen LogP contribution in [0.4, 0.5) is 10.7 Å². The van der Waals surface area contributed by atoms with Crippen molar-refractivity contribution in [3.8, 4) is 11.1 Å². The summed E-state index contributed by atoms with van der Waals surface area (Å²) < 4.78 is 12.9. The molecule has 196 valence electrons. The number of nitrogens with one attached hydrogen (secondary N) is 1. The molecule has 9 nitrogen and oxygen atoms in total. The van der Waals surface area contributed by atoms with Gasteiger partial charge >= 0.3 is 6.09 Å². The highest BCUT2D eigenvalue weighted by Crippen LogP contribution is 2.28. The number of nitrogens with zero attached hydrogens (tertiary/aromatic N) is 4. The number of pyridine rings is 1. The Bertz CT molecular complexity index is 1360. The molecular formula is C28H35N5O4. The van der Waals surface area contributed by atoms with E-state index in [1.54, 1.807) is 11.1 Å². The number of hydrogen-bond donors (Lipinski definition) is 1. The van der Waals surface area contributed by atoms with Crippen molar-refractivity contribution in [2.45, 2.75) is 64.6 Å². The van der Waals surface area contributed by atoms with Crippen molar-refractivity contribution in [3.05, 3.63) is 52.4 Å². The first kappa shape index (κ1) is 25.2. The third kappa shape index (κ3) is 5.46. The highest BCUT2D eigenvalue weighted by atomic mass is 16.6. The standard InChI is InChI=1S/C28H35N5O4/c1-18-7-5-6-8-22(18)23-15-19-16-29-26(30-20-9-12-32(17-20)27(35)37-28(2,3)4)31-24(19)33(25(23)34)21-10-13-36-14-11-21/h5-8,15-16,20-21H,9-14,17H2,1-4H3,(H,29,30,31)/t20-/m0/s1. The quantitative estimate of drug-likeness (QED) is 0.556. The highest BCUT2D eigenvalue weighted by molar-refractivity contribution is 5.82. The van der Waals surface area contributed by atoms with Crippen LogP contribution in [0.1, 0.15) is 51.6 Å². The Labute approximate surface area is 216 Å². The number of rotatable bonds is 4. The molecule has 2 aliphatic rings. The van der Waals surface area contributed by atoms with Crippen LogP contribution in [-0.4, -0.2) is 63.5 Å². The van der Waals surface area contributed by atoms with Crippen LogP contribution in [0, 0.1) is 6.92 Å². The molecular weight excluding hydrogens is 470 g/mol. The largest absolute Gasteiger partial charge is 0.444 e. The summed E-state index contributed by atoms with van der Waals surface area (Å²) >= 11 is 0. The van der Waals surface area contributed by atoms with E-state index in [9.17, 15) is 9.59 Å². The number of hydrogen-bond acceptors (Lipinski definition) is 7. The van der Waals surface area contributed by atoms with E-state index < -0.39 is 5.60 Å². The number of fused-ring (bicyclic) bond motifs is 1. The van der Waals surface area contributed by atoms with Gasteiger partial charge in [0.25, 0.3) is 5.56 Å². The molecule has 1 N–H and O–H groups in total. The number of aryl methyl sites for hydroxylation is 1. The summed E-state index contributed by atoms with van der Waals surface area (Å²) in [5, 5.41) is 4.19. The maximum absolute atomic E-state index is 13.9. The predicted octanol–water partition coefficient (Wildman–Crippen LogP) is 4.54. The first-order valence-corrected chi connectivity index (χ1v) is 13.0. The Morgan fingerprint density at radius 1 is 1.14 bits per heavy atom. The number of likely N-dealkylation sites (tertiary alicyclic amines) is 1. The molecule has 5 rings (SSSR count). The number of aromatic nitrogens is 3. The van der Waals surface area contributed by atoms with Crippen molar-refractivity contribution in [3.63, 3.8) is 0 Å². The Kier molecular flexibility index (Phi) is 6.90. The van der Waals surface area contributed by atoms with Crippen LogP contribution < -0.4 is 10.9 Å². The Hall–Kier alpha value is -3.46. The van der Waals surface area contributed by atoms with E-state index in [4.69, 9.17) is 14.5 Å². The van der Waals surface area contributed by atoms with Gasteiger partial charge in [0.1, 0.15) is 11.2 Å². The van der Waals surface area contributed by atoms with Crippen LogP contribution in [0.2, 0.25) is 0 Å². The van der Waals surface area contributed by atoms with E-state index in [1.165, 1.54) is 0 Å². The molecule has 1 atom stereocenters. The number of amides is 1. The lowest BCUT2D eigenvalue weighted by Gasteiger charge is -2.26. The molecule has 0 spiro atoms. The summed E-state index contributed by atoms with van der Waals surface area (Å²) in [5.41, 5.74) is 2.67. The SMILES string of the molecule is Cc1ccccc1-c1cc2cnc(N[C@H]3CCN(C(=O)OC(C)(C)C)C3)nc2n(C2CCOCC2)c1=O. The van der Waals surface area contributed by atoms with E-state index in [0.717, 1.165) is 35.8 Å². The molecule has 9 heteroatoms. The number of carbonyl (C=O) groups is 1. The zero-order valence-electron chi connectivity index (χ0n) is 22.0. The van der Waals surface area contributed by atoms with Crippen LogP contribution in [0.5, 0.6) is 0 Å². The van der Waals surface area contributed by atoms with Crippen molar-refractivity contribution in [2.24, 2.45) is 0 Å². The van der Waals surface area contributed by atoms with Crippen LogP contribution in [0.3, 0.4) is 0 Å². The molecule has 3 aromatic rings. The van der Waals surface area contributed by atoms with Gasteiger partial charge in [-0.2, -0.15) is 4.98 Å². The molecule has 2 fully saturated rings. The number of anilines is 1. The Morgan fingerprint density at radius 3 is 2.62 bits per heavy atom. The second kappa shape index (κ2) is 10.1. The van der Waals surface area contributed by atoms with Crippen LogP contribution >= 0.6 is 0 Å². The molecule has 1 aromatic carbocycles. The van der Waals surface area contributed by atoms with Gasteiger partial charge < -0.3 is 19.7 Å². The molecule has 2 aromatic heterocycles. The summed E-state index contributed by atoms with van der Waals surface area (Å²) in [6, 6.07) is 9.84. The summed E-state index contributed by atoms with van der Waals surface area (Å²) in [5.74, 6) is 0.451. The van der Waals surface area contributed by atoms with Crippen molar-refractivity contribution in [1.29, 1.82) is 0 Å². The van der Waals surface area contributed by atoms with Gasteiger partial charge in [-0.05, 0) is 64.2 Å². The Balaban J connectivity index is 1.47. The second-order valence-electron chi connectivity index (χ2n) is 10.9. The molecule has 0 radical (unpaired) electrons. The molecule has 1 amide bonds. The van der Waals surface area contributed by atoms with E-state index in [1.807, 2.05) is 62.6 Å². The minimum atomic E-state index is -0.533. The molecule has 0 saturated carbocycles. The third-order valence-electron chi connectivity index (χ3n) is 6.94. The summed E-state index contributed by atoms with van der Waals surface area (Å²) in [4.78, 5) is 37.5. The molecule has 0 bridgehead atoms. The lowest BCUT2D eigenvalue weighted by atomic mass is 10.00. The third-order valence-corrected chi connectivity index (χ3v) is 6.94. The van der Waals surface area contributed by atoms with Gasteiger partial charge in [0.15, 0.2) is 0 Å². The Morgan fingerprint density at radius 2 is 1.89 bits per heavy atom. The predicted molar refractivity (Wildman–Crippen MR) is 143 cm³/mol. The fourth-order valence-corrected chi connectivity index (χ4v) is 5.09. The average Bonchev–Trinajstić information content (AvgIpc) is 3.32. The normalized spacial score (nSPS) is 18.8. The lowest BCUT2D eigenvalue weighted by Crippen LogP contribution is -2.36. The molecule has 0 unspecified atom stereocenters. The maximum Gasteiger partial charge on any atom is 0.410 e. The molecule has 0 aliphatic carbocycles. The second-order valence-corrected chi connectivity index (χ2v) is 10.9. The van der Waals surface area contributed by atoms with Gasteiger partial charge in [0, 0.05) is 55.5 Å². The molecule has 2 aliphatic heterocycles. The molecule has 4 heterocycles. The van der Waals surface area contributed by atoms with Crippen LogP contribution in [0.25, 0.3) is 22.2 Å². The molecule has 2 saturated heterocycles. The van der Waals surface area contributed by atoms with E-state index in [0.29, 0.717) is 43.5 Å². The van der Waals surface area contributed by atoms with E-state index >= 15 is 0 Å². The fraction of sp³-hybridized carbons (Fsp3) is 0.500. The zero-order chi connectivity index (χ0) is 26.2. The summed E-state index contributed by atoms with van der Waals surface area (Å²) in [6.45, 7) is 9.95. The van der Waals surface area contributed by atoms with Gasteiger partial charge in [0.2, 0.25) is 5.95 Å². The first-order chi connectivity index (χ1) is 17.7. The maximum atomic E-state index is 13.9. The fourth-order valence-electron chi connectivity index (χ4n) is 5.09. The van der Waals surface area contributed by atoms with Crippen molar-refractivity contribution in [1.82, 2.24) is 19.4 Å². The van der Waals surface area contributed by atoms with Gasteiger partial charge in [-0.15, -0.1) is 0 Å². The first-order valence-electron chi connectivity index (χ1n) is 13.0. The van der Waals surface area contributed by atoms with Gasteiger partial charge in [-0.3, -0.25) is 9.36 Å². The van der Waals surface area contributed by atoms with Crippen LogP contribution in [0.15, 0.2) is 41.3 Å². The zero-order valence-corrected chi connectivity index (χ0v) is 22.0. The number of carbonyl (C=O) groups excluding carboxylic acids is 1. The minimum Gasteiger partial charge on any atom is -0.444 e. The summed E-state index contributed by atoms with van der Waals surface area (Å²) in [6.07, 6.45) is 3.74. The van der Waals surface area contributed by atoms with Gasteiger partial charge in [0.05, 0.1) is 0 Å². The smallest absolute Gasteiger partial charge is 0.410 e. The monoisotopic (exact) mass is 505 g/mol. The number of ether oxygens (including phenoxy) is 2. The van der Waals surface area contributed by atoms with E-state index in [-0.39, 0.29) is 23.7 Å².